The Kier molecular flexibility index (Phi) is 7.62. The van der Waals surface area contributed by atoms with E-state index in [1.165, 1.54) is 28.8 Å². The highest BCUT2D eigenvalue weighted by Crippen LogP contribution is 2.54. The molecule has 41 heavy (non-hydrogen) atoms. The predicted octanol–water partition coefficient (Wildman–Crippen LogP) is 7.24. The fourth-order valence-electron chi connectivity index (χ4n) is 7.98. The molecule has 1 aromatic heterocycles. The van der Waals surface area contributed by atoms with Gasteiger partial charge in [0.25, 0.3) is 8.32 Å². The molecular formula is C36H45NO3Si. The quantitative estimate of drug-likeness (QED) is 0.269. The molecule has 2 atom stereocenters. The minimum Gasteiger partial charge on any atom is -0.427 e. The monoisotopic (exact) mass is 567 g/mol. The van der Waals surface area contributed by atoms with Crippen molar-refractivity contribution in [3.05, 3.63) is 94.0 Å². The van der Waals surface area contributed by atoms with E-state index in [2.05, 4.69) is 105 Å². The first kappa shape index (κ1) is 28.2. The maximum atomic E-state index is 13.4. The van der Waals surface area contributed by atoms with E-state index >= 15 is 0 Å². The Labute approximate surface area is 246 Å². The first-order chi connectivity index (χ1) is 19.8. The van der Waals surface area contributed by atoms with Crippen LogP contribution in [0, 0.1) is 0 Å². The highest BCUT2D eigenvalue weighted by molar-refractivity contribution is 6.99. The van der Waals surface area contributed by atoms with E-state index in [-0.39, 0.29) is 22.2 Å². The standard InChI is InChI=1S/C36H45NO3Si/c1-5-6-16-29-25-33-32(34(38)40-29)24-27-15-13-14-22-36(27)23-21-28(37(33)36)26-39-41(35(2,3)4,30-17-9-7-10-18-30)31-19-11-8-12-20-31/h7-12,17-20,24-25,28H,5-6,13-16,21-23,26H2,1-4H3. The summed E-state index contributed by atoms with van der Waals surface area (Å²) in [4.78, 5) is 16.0. The molecule has 0 amide bonds. The van der Waals surface area contributed by atoms with Gasteiger partial charge in [-0.15, -0.1) is 0 Å². The largest absolute Gasteiger partial charge is 0.427 e. The number of rotatable bonds is 8. The lowest BCUT2D eigenvalue weighted by molar-refractivity contribution is 0.264. The second-order valence-electron chi connectivity index (χ2n) is 13.3. The maximum Gasteiger partial charge on any atom is 0.345 e. The van der Waals surface area contributed by atoms with Gasteiger partial charge in [0.15, 0.2) is 0 Å². The Balaban J connectivity index is 1.43. The third-order valence-electron chi connectivity index (χ3n) is 9.88. The number of unbranched alkanes of at least 4 members (excludes halogenated alkanes) is 1. The molecule has 5 heteroatoms. The van der Waals surface area contributed by atoms with Crippen LogP contribution in [0.15, 0.2) is 81.5 Å². The van der Waals surface area contributed by atoms with Crippen molar-refractivity contribution >= 4 is 30.5 Å². The maximum absolute atomic E-state index is 13.4. The summed E-state index contributed by atoms with van der Waals surface area (Å²) in [7, 11) is -2.67. The molecule has 216 valence electrons. The van der Waals surface area contributed by atoms with Gasteiger partial charge in [0.1, 0.15) is 5.76 Å². The summed E-state index contributed by atoms with van der Waals surface area (Å²) in [5.74, 6) is 0.817. The van der Waals surface area contributed by atoms with E-state index in [0.717, 1.165) is 62.0 Å². The molecular weight excluding hydrogens is 522 g/mol. The zero-order chi connectivity index (χ0) is 28.7. The van der Waals surface area contributed by atoms with Crippen molar-refractivity contribution in [2.24, 2.45) is 0 Å². The second kappa shape index (κ2) is 11.1. The fourth-order valence-corrected chi connectivity index (χ4v) is 12.6. The number of nitrogens with zero attached hydrogens (tertiary/aromatic N) is 1. The Morgan fingerprint density at radius 3 is 2.32 bits per heavy atom. The number of hydrogen-bond acceptors (Lipinski definition) is 4. The smallest absolute Gasteiger partial charge is 0.345 e. The van der Waals surface area contributed by atoms with Crippen LogP contribution in [0.25, 0.3) is 6.08 Å². The predicted molar refractivity (Wildman–Crippen MR) is 172 cm³/mol. The van der Waals surface area contributed by atoms with Crippen LogP contribution >= 0.6 is 0 Å². The van der Waals surface area contributed by atoms with E-state index in [0.29, 0.717) is 6.61 Å². The van der Waals surface area contributed by atoms with Gasteiger partial charge >= 0.3 is 5.63 Å². The zero-order valence-corrected chi connectivity index (χ0v) is 26.2. The molecule has 2 aliphatic heterocycles. The van der Waals surface area contributed by atoms with Gasteiger partial charge in [0.05, 0.1) is 29.4 Å². The van der Waals surface area contributed by atoms with Gasteiger partial charge in [0, 0.05) is 12.5 Å². The van der Waals surface area contributed by atoms with Crippen molar-refractivity contribution in [3.8, 4) is 0 Å². The highest BCUT2D eigenvalue weighted by atomic mass is 28.4. The SMILES string of the molecule is CCCCc1cc2c(c(=O)o1)C=C1CCCCC13CCC(CO[Si](c1ccccc1)(c1ccccc1)C(C)(C)C)N23. The van der Waals surface area contributed by atoms with Gasteiger partial charge in [0.2, 0.25) is 0 Å². The molecule has 3 aliphatic rings. The minimum absolute atomic E-state index is 0.000534. The summed E-state index contributed by atoms with van der Waals surface area (Å²) in [6.45, 7) is 9.86. The average Bonchev–Trinajstić information content (AvgIpc) is 3.35. The van der Waals surface area contributed by atoms with Crippen molar-refractivity contribution in [2.45, 2.75) is 102 Å². The molecule has 1 saturated carbocycles. The van der Waals surface area contributed by atoms with Crippen LogP contribution in [0.4, 0.5) is 5.69 Å². The van der Waals surface area contributed by atoms with E-state index < -0.39 is 8.32 Å². The van der Waals surface area contributed by atoms with Gasteiger partial charge in [-0.25, -0.2) is 4.79 Å². The summed E-state index contributed by atoms with van der Waals surface area (Å²) in [6.07, 6.45) is 11.9. The Bertz CT molecular complexity index is 1420. The molecule has 0 N–H and O–H groups in total. The highest BCUT2D eigenvalue weighted by Gasteiger charge is 2.55. The normalized spacial score (nSPS) is 22.1. The molecule has 3 heterocycles. The summed E-state index contributed by atoms with van der Waals surface area (Å²) in [5, 5.41) is 2.55. The lowest BCUT2D eigenvalue weighted by Crippen LogP contribution is -2.67. The van der Waals surface area contributed by atoms with Gasteiger partial charge in [-0.2, -0.15) is 0 Å². The number of anilines is 1. The Morgan fingerprint density at radius 1 is 1.00 bits per heavy atom. The fraction of sp³-hybridized carbons (Fsp3) is 0.472. The molecule has 1 saturated heterocycles. The molecule has 2 fully saturated rings. The summed E-state index contributed by atoms with van der Waals surface area (Å²) in [6, 6.07) is 24.3. The van der Waals surface area contributed by atoms with E-state index in [1.807, 2.05) is 0 Å². The van der Waals surface area contributed by atoms with E-state index in [4.69, 9.17) is 8.84 Å². The summed E-state index contributed by atoms with van der Waals surface area (Å²) >= 11 is 0. The topological polar surface area (TPSA) is 42.7 Å². The first-order valence-corrected chi connectivity index (χ1v) is 17.6. The second-order valence-corrected chi connectivity index (χ2v) is 17.7. The van der Waals surface area contributed by atoms with Gasteiger partial charge in [-0.05, 0) is 65.6 Å². The number of benzene rings is 2. The van der Waals surface area contributed by atoms with Gasteiger partial charge in [-0.1, -0.05) is 101 Å². The van der Waals surface area contributed by atoms with Crippen molar-refractivity contribution in [1.82, 2.24) is 0 Å². The zero-order valence-electron chi connectivity index (χ0n) is 25.2. The third-order valence-corrected chi connectivity index (χ3v) is 14.9. The van der Waals surface area contributed by atoms with Crippen molar-refractivity contribution in [1.29, 1.82) is 0 Å². The third kappa shape index (κ3) is 4.75. The van der Waals surface area contributed by atoms with Crippen molar-refractivity contribution < 1.29 is 8.84 Å². The van der Waals surface area contributed by atoms with Crippen LogP contribution in [0.5, 0.6) is 0 Å². The minimum atomic E-state index is -2.67. The molecule has 4 nitrogen and oxygen atoms in total. The Hall–Kier alpha value is -2.89. The number of aryl methyl sites for hydroxylation is 1. The lowest BCUT2D eigenvalue weighted by Gasteiger charge is -2.50. The van der Waals surface area contributed by atoms with E-state index in [9.17, 15) is 4.79 Å². The van der Waals surface area contributed by atoms with E-state index in [1.54, 1.807) is 0 Å². The van der Waals surface area contributed by atoms with Crippen LogP contribution in [-0.2, 0) is 10.8 Å². The van der Waals surface area contributed by atoms with Crippen LogP contribution in [0.2, 0.25) is 5.04 Å². The first-order valence-electron chi connectivity index (χ1n) is 15.7. The van der Waals surface area contributed by atoms with Crippen molar-refractivity contribution in [2.75, 3.05) is 11.5 Å². The summed E-state index contributed by atoms with van der Waals surface area (Å²) < 4.78 is 13.4. The molecule has 0 bridgehead atoms. The van der Waals surface area contributed by atoms with Crippen LogP contribution in [0.1, 0.15) is 90.4 Å². The molecule has 0 radical (unpaired) electrons. The molecule has 1 aliphatic carbocycles. The molecule has 2 unspecified atom stereocenters. The lowest BCUT2D eigenvalue weighted by atomic mass is 9.73. The van der Waals surface area contributed by atoms with Crippen LogP contribution < -0.4 is 20.9 Å². The molecule has 2 aromatic carbocycles. The van der Waals surface area contributed by atoms with Crippen LogP contribution in [-0.4, -0.2) is 26.5 Å². The summed E-state index contributed by atoms with van der Waals surface area (Å²) in [5.41, 5.74) is 3.07. The molecule has 3 aromatic rings. The average molecular weight is 568 g/mol. The number of hydrogen-bond donors (Lipinski definition) is 0. The van der Waals surface area contributed by atoms with Crippen LogP contribution in [0.3, 0.4) is 0 Å². The van der Waals surface area contributed by atoms with Gasteiger partial charge < -0.3 is 13.7 Å². The van der Waals surface area contributed by atoms with Gasteiger partial charge in [-0.3, -0.25) is 0 Å². The molecule has 6 rings (SSSR count). The Morgan fingerprint density at radius 2 is 1.68 bits per heavy atom. The van der Waals surface area contributed by atoms with Crippen molar-refractivity contribution in [3.63, 3.8) is 0 Å². The molecule has 1 spiro atoms. The number of fused-ring (bicyclic) bond motifs is 2.